The van der Waals surface area contributed by atoms with Gasteiger partial charge in [-0.3, -0.25) is 4.79 Å². The Labute approximate surface area is 93.4 Å². The first-order valence-corrected chi connectivity index (χ1v) is 6.70. The zero-order valence-electron chi connectivity index (χ0n) is 10.5. The molecule has 0 saturated carbocycles. The van der Waals surface area contributed by atoms with Gasteiger partial charge in [0.2, 0.25) is 5.91 Å². The third kappa shape index (κ3) is 6.30. The molecule has 2 nitrogen and oxygen atoms in total. The van der Waals surface area contributed by atoms with Gasteiger partial charge in [-0.25, -0.2) is 0 Å². The third-order valence-electron chi connectivity index (χ3n) is 1.74. The number of rotatable bonds is 0. The van der Waals surface area contributed by atoms with Crippen LogP contribution in [0.4, 0.5) is 0 Å². The number of hydrogen-bond acceptors (Lipinski definition) is 2. The molecular formula is C11H25NOS. The van der Waals surface area contributed by atoms with Gasteiger partial charge in [-0.15, -0.1) is 0 Å². The second kappa shape index (κ2) is 10.9. The second-order valence-corrected chi connectivity index (χ2v) is 3.89. The van der Waals surface area contributed by atoms with Crippen LogP contribution in [-0.4, -0.2) is 35.9 Å². The highest BCUT2D eigenvalue weighted by Gasteiger charge is 2.19. The molecule has 1 fully saturated rings. The summed E-state index contributed by atoms with van der Waals surface area (Å²) in [5, 5.41) is 0. The lowest BCUT2D eigenvalue weighted by Crippen LogP contribution is -2.31. The Kier molecular flexibility index (Phi) is 12.7. The Morgan fingerprint density at radius 2 is 1.79 bits per heavy atom. The Bertz CT molecular complexity index is 125. The van der Waals surface area contributed by atoms with Crippen LogP contribution < -0.4 is 0 Å². The van der Waals surface area contributed by atoms with E-state index in [1.54, 1.807) is 0 Å². The molecule has 0 aliphatic carbocycles. The van der Waals surface area contributed by atoms with Crippen molar-refractivity contribution in [2.45, 2.75) is 34.6 Å². The van der Waals surface area contributed by atoms with Crippen molar-refractivity contribution >= 4 is 17.7 Å². The molecule has 0 aromatic heterocycles. The highest BCUT2D eigenvalue weighted by atomic mass is 32.2. The molecule has 0 bridgehead atoms. The first-order valence-electron chi connectivity index (χ1n) is 5.54. The number of hydrogen-bond donors (Lipinski definition) is 0. The highest BCUT2D eigenvalue weighted by Crippen LogP contribution is 2.14. The van der Waals surface area contributed by atoms with Crippen LogP contribution in [0.15, 0.2) is 0 Å². The quantitative estimate of drug-likeness (QED) is 0.624. The average Bonchev–Trinajstić information content (AvgIpc) is 2.40. The van der Waals surface area contributed by atoms with Crippen LogP contribution in [0.2, 0.25) is 0 Å². The van der Waals surface area contributed by atoms with Crippen molar-refractivity contribution in [1.29, 1.82) is 0 Å². The lowest BCUT2D eigenvalue weighted by atomic mass is 10.2. The summed E-state index contributed by atoms with van der Waals surface area (Å²) in [6, 6.07) is 0. The molecule has 1 unspecified atom stereocenters. The smallest absolute Gasteiger partial charge is 0.226 e. The van der Waals surface area contributed by atoms with Crippen molar-refractivity contribution in [3.63, 3.8) is 0 Å². The first-order chi connectivity index (χ1) is 6.72. The van der Waals surface area contributed by atoms with E-state index in [0.717, 1.165) is 18.1 Å². The van der Waals surface area contributed by atoms with Gasteiger partial charge in [-0.2, -0.15) is 11.8 Å². The predicted octanol–water partition coefficient (Wildman–Crippen LogP) is 2.88. The fraction of sp³-hybridized carbons (Fsp3) is 0.909. The van der Waals surface area contributed by atoms with Crippen LogP contribution in [0, 0.1) is 5.92 Å². The summed E-state index contributed by atoms with van der Waals surface area (Å²) in [5.74, 6) is 2.60. The van der Waals surface area contributed by atoms with Gasteiger partial charge < -0.3 is 4.90 Å². The molecule has 0 spiro atoms. The van der Waals surface area contributed by atoms with Gasteiger partial charge >= 0.3 is 0 Å². The number of carbonyl (C=O) groups is 1. The van der Waals surface area contributed by atoms with Crippen molar-refractivity contribution in [2.75, 3.05) is 25.1 Å². The van der Waals surface area contributed by atoms with Crippen molar-refractivity contribution in [3.05, 3.63) is 0 Å². The van der Waals surface area contributed by atoms with E-state index in [-0.39, 0.29) is 5.92 Å². The molecule has 1 rings (SSSR count). The molecule has 1 aliphatic rings. The zero-order chi connectivity index (χ0) is 11.6. The van der Waals surface area contributed by atoms with Crippen LogP contribution in [-0.2, 0) is 4.79 Å². The number of amides is 1. The summed E-state index contributed by atoms with van der Waals surface area (Å²) in [6.07, 6.45) is 0. The molecule has 1 heterocycles. The zero-order valence-corrected chi connectivity index (χ0v) is 11.3. The summed E-state index contributed by atoms with van der Waals surface area (Å²) >= 11 is 1.87. The average molecular weight is 219 g/mol. The van der Waals surface area contributed by atoms with Gasteiger partial charge in [0, 0.05) is 31.0 Å². The maximum Gasteiger partial charge on any atom is 0.226 e. The molecule has 1 aliphatic heterocycles. The van der Waals surface area contributed by atoms with Crippen molar-refractivity contribution in [1.82, 2.24) is 4.90 Å². The lowest BCUT2D eigenvalue weighted by Gasteiger charge is -2.15. The van der Waals surface area contributed by atoms with Crippen LogP contribution in [0.25, 0.3) is 0 Å². The van der Waals surface area contributed by atoms with Crippen molar-refractivity contribution in [3.8, 4) is 0 Å². The minimum atomic E-state index is 0.220. The molecule has 0 N–H and O–H groups in total. The van der Waals surface area contributed by atoms with Crippen LogP contribution >= 0.6 is 11.8 Å². The highest BCUT2D eigenvalue weighted by molar-refractivity contribution is 7.99. The van der Waals surface area contributed by atoms with E-state index in [2.05, 4.69) is 0 Å². The molecule has 0 radical (unpaired) electrons. The number of nitrogens with zero attached hydrogens (tertiary/aromatic N) is 1. The minimum absolute atomic E-state index is 0.220. The van der Waals surface area contributed by atoms with E-state index in [1.165, 1.54) is 0 Å². The molecule has 0 aromatic rings. The van der Waals surface area contributed by atoms with Gasteiger partial charge in [0.1, 0.15) is 0 Å². The van der Waals surface area contributed by atoms with E-state index in [1.807, 2.05) is 58.3 Å². The number of thioether (sulfide) groups is 1. The Morgan fingerprint density at radius 3 is 2.29 bits per heavy atom. The summed E-state index contributed by atoms with van der Waals surface area (Å²) in [4.78, 5) is 13.1. The minimum Gasteiger partial charge on any atom is -0.345 e. The summed E-state index contributed by atoms with van der Waals surface area (Å²) in [7, 11) is 1.88. The molecule has 0 aromatic carbocycles. The summed E-state index contributed by atoms with van der Waals surface area (Å²) < 4.78 is 0. The Balaban J connectivity index is 0. The van der Waals surface area contributed by atoms with Gasteiger partial charge in [0.25, 0.3) is 0 Å². The SMILES string of the molecule is CC.CC.CC1CSCCN(C)C1=O. The van der Waals surface area contributed by atoms with Crippen molar-refractivity contribution in [2.24, 2.45) is 5.92 Å². The van der Waals surface area contributed by atoms with Gasteiger partial charge in [-0.05, 0) is 0 Å². The van der Waals surface area contributed by atoms with Gasteiger partial charge in [0.05, 0.1) is 0 Å². The molecule has 3 heteroatoms. The normalized spacial score (nSPS) is 21.1. The fourth-order valence-corrected chi connectivity index (χ4v) is 2.09. The van der Waals surface area contributed by atoms with E-state index in [4.69, 9.17) is 0 Å². The van der Waals surface area contributed by atoms with Gasteiger partial charge in [0.15, 0.2) is 0 Å². The number of carbonyl (C=O) groups excluding carboxylic acids is 1. The Morgan fingerprint density at radius 1 is 1.29 bits per heavy atom. The third-order valence-corrected chi connectivity index (χ3v) is 2.94. The Hall–Kier alpha value is -0.180. The van der Waals surface area contributed by atoms with Crippen molar-refractivity contribution < 1.29 is 4.79 Å². The van der Waals surface area contributed by atoms with E-state index in [0.29, 0.717) is 5.91 Å². The maximum absolute atomic E-state index is 11.3. The van der Waals surface area contributed by atoms with E-state index in [9.17, 15) is 4.79 Å². The molecule has 14 heavy (non-hydrogen) atoms. The molecule has 1 atom stereocenters. The van der Waals surface area contributed by atoms with E-state index >= 15 is 0 Å². The topological polar surface area (TPSA) is 20.3 Å². The maximum atomic E-state index is 11.3. The van der Waals surface area contributed by atoms with Crippen LogP contribution in [0.3, 0.4) is 0 Å². The van der Waals surface area contributed by atoms with Gasteiger partial charge in [-0.1, -0.05) is 34.6 Å². The first kappa shape index (κ1) is 16.3. The van der Waals surface area contributed by atoms with Crippen LogP contribution in [0.5, 0.6) is 0 Å². The summed E-state index contributed by atoms with van der Waals surface area (Å²) in [5.41, 5.74) is 0. The standard InChI is InChI=1S/C7H13NOS.2C2H6/c1-6-5-10-4-3-8(2)7(6)9;2*1-2/h6H,3-5H2,1-2H3;2*1-2H3. The summed E-state index contributed by atoms with van der Waals surface area (Å²) in [6.45, 7) is 10.9. The monoisotopic (exact) mass is 219 g/mol. The molecule has 86 valence electrons. The predicted molar refractivity (Wildman–Crippen MR) is 66.8 cm³/mol. The molecule has 1 saturated heterocycles. The van der Waals surface area contributed by atoms with E-state index < -0.39 is 0 Å². The largest absolute Gasteiger partial charge is 0.345 e. The molecule has 1 amide bonds. The van der Waals surface area contributed by atoms with Crippen LogP contribution in [0.1, 0.15) is 34.6 Å². The second-order valence-electron chi connectivity index (χ2n) is 2.74. The molecular weight excluding hydrogens is 194 g/mol. The lowest BCUT2D eigenvalue weighted by molar-refractivity contribution is -0.132. The fourth-order valence-electron chi connectivity index (χ4n) is 1.02.